The fourth-order valence-corrected chi connectivity index (χ4v) is 20.1. The maximum absolute atomic E-state index is 2.55. The molecule has 6 saturated heterocycles. The van der Waals surface area contributed by atoms with Gasteiger partial charge in [-0.05, 0) is 201 Å². The lowest BCUT2D eigenvalue weighted by atomic mass is 9.72. The Labute approximate surface area is 575 Å². The Hall–Kier alpha value is -0.240. The molecule has 8 aliphatic rings. The summed E-state index contributed by atoms with van der Waals surface area (Å²) in [4.78, 5) is 0. The molecule has 91 heavy (non-hydrogen) atoms. The van der Waals surface area contributed by atoms with Crippen LogP contribution in [0.4, 0.5) is 0 Å². The minimum absolute atomic E-state index is 0.656. The number of piperidine rings is 3. The number of rotatable bonds is 36. The standard InChI is InChI=1S/C18H36N.C18H38N.C17H36N.C16H34N2.C16H32N/c1-18(12-6-3-7-13-18)14-8-4-9-15-19(2)16-10-5-11-17-19;1-5-18(6-2,7-3)14-10-8-11-15-19(4)16-12-9-13-17-19;1-5-17(6-2,7-3)13-9-8-10-14-18(4)15-11-12-16-18;1-17(11-5-3-6-12-17)13-7-4-8-14-18(2)15-9-10-16-18;1-16(11-5-6-12-16)10-4-3-7-13-17(2)14-8-9-15-17/h3-17H2,1-2H3;5-17H2,1-4H3;5-16H2,1-4H3;3-16H2,1-2H3;3-15H2,1-2H3/q3*+1;+2;+1. The van der Waals surface area contributed by atoms with Crippen molar-refractivity contribution in [1.82, 2.24) is 0 Å². The molecule has 0 unspecified atom stereocenters. The lowest BCUT2D eigenvalue weighted by Gasteiger charge is -2.38. The number of nitrogens with zero attached hydrogens (tertiary/aromatic N) is 6. The normalized spacial score (nSPS) is 23.5. The summed E-state index contributed by atoms with van der Waals surface area (Å²) in [7, 11) is 14.8. The second kappa shape index (κ2) is 44.0. The highest BCUT2D eigenvalue weighted by atomic mass is 15.4. The van der Waals surface area contributed by atoms with E-state index in [1.54, 1.807) is 0 Å². The van der Waals surface area contributed by atoms with Crippen LogP contribution in [-0.2, 0) is 0 Å². The summed E-state index contributed by atoms with van der Waals surface area (Å²) in [5.74, 6) is 0. The van der Waals surface area contributed by atoms with Crippen molar-refractivity contribution in [3.05, 3.63) is 0 Å². The number of hydrogen-bond donors (Lipinski definition) is 0. The molecule has 6 heteroatoms. The van der Waals surface area contributed by atoms with Gasteiger partial charge in [0.1, 0.15) is 0 Å². The van der Waals surface area contributed by atoms with Gasteiger partial charge in [-0.25, -0.2) is 0 Å². The van der Waals surface area contributed by atoms with Crippen LogP contribution in [0.5, 0.6) is 0 Å². The SMILES string of the molecule is CC1(CCCCC[N+]2(C)CCCC2)CCCC1.CC1(CCCCC[N+]2(C)CCCCC2)CCCCC1.CCC(CC)(CC)CCCCC[N+]1(C)CCCC1.CCC(CC)(CC)CCCCC[N+]1(C)CCCCC1.C[N+]1(CCCCC[N+]2(C)CCCC2)CCCCC1. The molecule has 6 heterocycles. The van der Waals surface area contributed by atoms with Crippen LogP contribution in [0.15, 0.2) is 0 Å². The summed E-state index contributed by atoms with van der Waals surface area (Å²) >= 11 is 0. The van der Waals surface area contributed by atoms with E-state index in [0.29, 0.717) is 16.2 Å². The Morgan fingerprint density at radius 2 is 0.396 bits per heavy atom. The quantitative estimate of drug-likeness (QED) is 0.0433. The third-order valence-corrected chi connectivity index (χ3v) is 28.7. The molecule has 0 amide bonds. The largest absolute Gasteiger partial charge is 0.326 e. The molecule has 6 aliphatic heterocycles. The van der Waals surface area contributed by atoms with Crippen LogP contribution >= 0.6 is 0 Å². The van der Waals surface area contributed by atoms with Crippen LogP contribution in [0.2, 0.25) is 0 Å². The monoisotopic (exact) mass is 1280 g/mol. The molecule has 0 aromatic heterocycles. The highest BCUT2D eigenvalue weighted by Crippen LogP contribution is 2.43. The number of hydrogen-bond acceptors (Lipinski definition) is 0. The van der Waals surface area contributed by atoms with Crippen molar-refractivity contribution in [2.24, 2.45) is 21.7 Å². The summed E-state index contributed by atoms with van der Waals surface area (Å²) in [6, 6.07) is 0. The van der Waals surface area contributed by atoms with Crippen LogP contribution in [0.1, 0.15) is 370 Å². The van der Waals surface area contributed by atoms with Gasteiger partial charge in [0.15, 0.2) is 0 Å². The lowest BCUT2D eigenvalue weighted by molar-refractivity contribution is -0.914. The number of likely N-dealkylation sites (tertiary alicyclic amines) is 6. The van der Waals surface area contributed by atoms with Gasteiger partial charge in [-0.15, -0.1) is 0 Å². The van der Waals surface area contributed by atoms with E-state index in [0.717, 1.165) is 5.41 Å². The summed E-state index contributed by atoms with van der Waals surface area (Å²) in [5, 5.41) is 0. The molecule has 540 valence electrons. The third-order valence-electron chi connectivity index (χ3n) is 28.7. The summed E-state index contributed by atoms with van der Waals surface area (Å²) in [5.41, 5.74) is 2.75. The van der Waals surface area contributed by atoms with Crippen molar-refractivity contribution in [1.29, 1.82) is 0 Å². The van der Waals surface area contributed by atoms with Crippen LogP contribution < -0.4 is 0 Å². The molecule has 2 saturated carbocycles. The van der Waals surface area contributed by atoms with Crippen LogP contribution in [0.25, 0.3) is 0 Å². The van der Waals surface area contributed by atoms with Gasteiger partial charge >= 0.3 is 0 Å². The van der Waals surface area contributed by atoms with Crippen LogP contribution in [0.3, 0.4) is 0 Å². The fourth-order valence-electron chi connectivity index (χ4n) is 20.1. The zero-order valence-corrected chi connectivity index (χ0v) is 66.1. The summed E-state index contributed by atoms with van der Waals surface area (Å²) in [6.07, 6.45) is 71.5. The predicted octanol–water partition coefficient (Wildman–Crippen LogP) is 22.9. The van der Waals surface area contributed by atoms with Gasteiger partial charge in [-0.1, -0.05) is 152 Å². The average molecular weight is 1280 g/mol. The smallest absolute Gasteiger partial charge is 0.0786 e. The predicted molar refractivity (Wildman–Crippen MR) is 406 cm³/mol. The molecular formula is C85H176N6+6. The summed E-state index contributed by atoms with van der Waals surface area (Å²) in [6.45, 7) is 45.2. The van der Waals surface area contributed by atoms with E-state index in [-0.39, 0.29) is 0 Å². The van der Waals surface area contributed by atoms with Gasteiger partial charge < -0.3 is 26.9 Å². The highest BCUT2D eigenvalue weighted by molar-refractivity contribution is 4.81. The Bertz CT molecular complexity index is 1660. The molecular weight excluding hydrogens is 1100 g/mol. The first-order valence-corrected chi connectivity index (χ1v) is 42.6. The van der Waals surface area contributed by atoms with Crippen LogP contribution in [0, 0.1) is 21.7 Å². The first kappa shape index (κ1) is 83.2. The molecule has 8 fully saturated rings. The van der Waals surface area contributed by atoms with Gasteiger partial charge in [0, 0.05) is 38.5 Å². The zero-order valence-electron chi connectivity index (χ0n) is 66.1. The summed E-state index contributed by atoms with van der Waals surface area (Å²) < 4.78 is 8.20. The lowest BCUT2D eigenvalue weighted by Crippen LogP contribution is -2.48. The van der Waals surface area contributed by atoms with Crippen molar-refractivity contribution in [3.8, 4) is 0 Å². The van der Waals surface area contributed by atoms with Crippen molar-refractivity contribution in [2.45, 2.75) is 370 Å². The van der Waals surface area contributed by atoms with Crippen molar-refractivity contribution in [2.75, 3.05) is 160 Å². The van der Waals surface area contributed by atoms with Gasteiger partial charge in [0.25, 0.3) is 0 Å². The Balaban J connectivity index is 0.000000243. The first-order valence-electron chi connectivity index (χ1n) is 42.6. The molecule has 0 radical (unpaired) electrons. The molecule has 0 atom stereocenters. The molecule has 0 aromatic carbocycles. The van der Waals surface area contributed by atoms with E-state index < -0.39 is 0 Å². The minimum Gasteiger partial charge on any atom is -0.326 e. The third kappa shape index (κ3) is 33.5. The van der Waals surface area contributed by atoms with Gasteiger partial charge in [0.2, 0.25) is 0 Å². The van der Waals surface area contributed by atoms with Crippen molar-refractivity contribution >= 4 is 0 Å². The Morgan fingerprint density at radius 3 is 0.615 bits per heavy atom. The van der Waals surface area contributed by atoms with E-state index >= 15 is 0 Å². The molecule has 8 rings (SSSR count). The van der Waals surface area contributed by atoms with Gasteiger partial charge in [-0.2, -0.15) is 0 Å². The maximum Gasteiger partial charge on any atom is 0.0786 e. The van der Waals surface area contributed by atoms with E-state index in [9.17, 15) is 0 Å². The first-order chi connectivity index (χ1) is 43.6. The topological polar surface area (TPSA) is 0 Å². The molecule has 0 aromatic rings. The van der Waals surface area contributed by atoms with Crippen molar-refractivity contribution in [3.63, 3.8) is 0 Å². The van der Waals surface area contributed by atoms with Crippen molar-refractivity contribution < 1.29 is 26.9 Å². The van der Waals surface area contributed by atoms with E-state index in [4.69, 9.17) is 0 Å². The number of unbranched alkanes of at least 4 members (excludes halogenated alkanes) is 10. The molecule has 2 aliphatic carbocycles. The average Bonchev–Trinajstić information content (AvgIpc) is 4.26. The molecule has 0 N–H and O–H groups in total. The fraction of sp³-hybridized carbons (Fsp3) is 1.00. The van der Waals surface area contributed by atoms with Gasteiger partial charge in [0.05, 0.1) is 160 Å². The molecule has 6 nitrogen and oxygen atoms in total. The second-order valence-corrected chi connectivity index (χ2v) is 36.9. The minimum atomic E-state index is 0.656. The molecule has 0 bridgehead atoms. The van der Waals surface area contributed by atoms with E-state index in [1.165, 1.54) is 459 Å². The molecule has 0 spiro atoms. The Morgan fingerprint density at radius 1 is 0.220 bits per heavy atom. The van der Waals surface area contributed by atoms with Crippen LogP contribution in [-0.4, -0.2) is 187 Å². The van der Waals surface area contributed by atoms with Gasteiger partial charge in [-0.3, -0.25) is 0 Å². The highest BCUT2D eigenvalue weighted by Gasteiger charge is 2.33. The second-order valence-electron chi connectivity index (χ2n) is 36.9. The number of quaternary nitrogens is 6. The maximum atomic E-state index is 2.55. The van der Waals surface area contributed by atoms with E-state index in [2.05, 4.69) is 97.7 Å². The van der Waals surface area contributed by atoms with E-state index in [1.807, 2.05) is 0 Å². The zero-order chi connectivity index (χ0) is 66.4. The Kier molecular flexibility index (Phi) is 40.2.